The van der Waals surface area contributed by atoms with Crippen molar-refractivity contribution in [1.82, 2.24) is 19.5 Å². The lowest BCUT2D eigenvalue weighted by molar-refractivity contribution is -0.120. The molecule has 194 valence electrons. The average molecular weight is 523 g/mol. The number of benzene rings is 1. The number of hydrogen-bond donors (Lipinski definition) is 2. The molecule has 12 nitrogen and oxygen atoms in total. The molecule has 2 heterocycles. The SMILES string of the molecule is C=CCC(=O)COP(=O)(CCOCCn1cnc2c(=O)[nH]c(N)nc21)OCc1ccc(OC)c(F)c1. The Bertz CT molecular complexity index is 1330. The van der Waals surface area contributed by atoms with Crippen LogP contribution in [0.15, 0.2) is 42.0 Å². The average Bonchev–Trinajstić information content (AvgIpc) is 3.25. The number of rotatable bonds is 15. The highest BCUT2D eigenvalue weighted by molar-refractivity contribution is 7.53. The zero-order chi connectivity index (χ0) is 26.1. The van der Waals surface area contributed by atoms with E-state index in [2.05, 4.69) is 21.5 Å². The Morgan fingerprint density at radius 3 is 2.86 bits per heavy atom. The van der Waals surface area contributed by atoms with Crippen LogP contribution in [0.3, 0.4) is 0 Å². The predicted molar refractivity (Wildman–Crippen MR) is 129 cm³/mol. The van der Waals surface area contributed by atoms with Crippen molar-refractivity contribution in [1.29, 1.82) is 0 Å². The number of anilines is 1. The second kappa shape index (κ2) is 12.5. The number of H-pyrrole nitrogens is 1. The van der Waals surface area contributed by atoms with Gasteiger partial charge in [0.05, 0.1) is 39.4 Å². The third-order valence-corrected chi connectivity index (χ3v) is 6.69. The van der Waals surface area contributed by atoms with Crippen molar-refractivity contribution in [3.05, 3.63) is 58.9 Å². The van der Waals surface area contributed by atoms with Crippen molar-refractivity contribution >= 4 is 30.5 Å². The lowest BCUT2D eigenvalue weighted by Gasteiger charge is -2.18. The van der Waals surface area contributed by atoms with Crippen LogP contribution in [-0.4, -0.2) is 58.4 Å². The second-order valence-corrected chi connectivity index (χ2v) is 9.74. The molecular weight excluding hydrogens is 496 g/mol. The Morgan fingerprint density at radius 2 is 2.14 bits per heavy atom. The first-order chi connectivity index (χ1) is 17.2. The number of halogens is 1. The maximum absolute atomic E-state index is 14.0. The van der Waals surface area contributed by atoms with E-state index in [0.717, 1.165) is 0 Å². The Labute approximate surface area is 205 Å². The molecule has 1 unspecified atom stereocenters. The standard InChI is InChI=1S/C22H27FN5O7P/c1-3-4-16(29)13-35-36(31,34-12-15-5-6-18(32-2)17(23)11-15)10-9-33-8-7-28-14-25-19-20(28)26-22(24)27-21(19)30/h3,5-6,11,14H,1,4,7-10,12-13H2,2H3,(H3,24,26,27,30). The number of imidazole rings is 1. The number of methoxy groups -OCH3 is 1. The number of allylic oxidation sites excluding steroid dienone is 1. The number of ether oxygens (including phenoxy) is 2. The summed E-state index contributed by atoms with van der Waals surface area (Å²) in [6, 6.07) is 4.18. The first-order valence-electron chi connectivity index (χ1n) is 10.9. The fourth-order valence-electron chi connectivity index (χ4n) is 3.10. The summed E-state index contributed by atoms with van der Waals surface area (Å²) in [4.78, 5) is 34.1. The summed E-state index contributed by atoms with van der Waals surface area (Å²) in [6.45, 7) is 3.28. The molecule has 14 heteroatoms. The summed E-state index contributed by atoms with van der Waals surface area (Å²) in [6.07, 6.45) is 2.76. The number of aromatic amines is 1. The van der Waals surface area contributed by atoms with Crippen LogP contribution in [0.4, 0.5) is 10.3 Å². The highest BCUT2D eigenvalue weighted by atomic mass is 31.2. The van der Waals surface area contributed by atoms with Gasteiger partial charge in [-0.05, 0) is 17.7 Å². The van der Waals surface area contributed by atoms with Crippen LogP contribution in [0.2, 0.25) is 0 Å². The minimum absolute atomic E-state index is 0.0212. The van der Waals surface area contributed by atoms with Crippen molar-refractivity contribution in [2.24, 2.45) is 0 Å². The third-order valence-electron chi connectivity index (χ3n) is 4.92. The van der Waals surface area contributed by atoms with Gasteiger partial charge in [-0.2, -0.15) is 4.98 Å². The molecule has 36 heavy (non-hydrogen) atoms. The molecule has 0 aliphatic rings. The van der Waals surface area contributed by atoms with E-state index in [1.807, 2.05) is 0 Å². The quantitative estimate of drug-likeness (QED) is 0.172. The van der Waals surface area contributed by atoms with Gasteiger partial charge in [-0.25, -0.2) is 9.37 Å². The van der Waals surface area contributed by atoms with Crippen LogP contribution >= 0.6 is 7.60 Å². The van der Waals surface area contributed by atoms with Gasteiger partial charge < -0.3 is 28.8 Å². The molecule has 1 atom stereocenters. The van der Waals surface area contributed by atoms with Gasteiger partial charge in [0.25, 0.3) is 5.56 Å². The smallest absolute Gasteiger partial charge is 0.333 e. The van der Waals surface area contributed by atoms with Gasteiger partial charge in [0.15, 0.2) is 28.5 Å². The zero-order valence-electron chi connectivity index (χ0n) is 19.6. The van der Waals surface area contributed by atoms with E-state index >= 15 is 0 Å². The molecule has 3 rings (SSSR count). The van der Waals surface area contributed by atoms with Crippen molar-refractivity contribution in [2.75, 3.05) is 38.8 Å². The van der Waals surface area contributed by atoms with Crippen LogP contribution in [-0.2, 0) is 36.3 Å². The second-order valence-electron chi connectivity index (χ2n) is 7.56. The summed E-state index contributed by atoms with van der Waals surface area (Å²) in [5, 5.41) is 0. The Balaban J connectivity index is 1.57. The maximum atomic E-state index is 14.0. The lowest BCUT2D eigenvalue weighted by Crippen LogP contribution is -2.14. The van der Waals surface area contributed by atoms with Crippen LogP contribution in [0.25, 0.3) is 11.2 Å². The van der Waals surface area contributed by atoms with Crippen LogP contribution in [0, 0.1) is 5.82 Å². The molecule has 0 saturated carbocycles. The van der Waals surface area contributed by atoms with E-state index in [4.69, 9.17) is 24.3 Å². The molecule has 1 aromatic carbocycles. The normalized spacial score (nSPS) is 12.9. The van der Waals surface area contributed by atoms with Crippen LogP contribution < -0.4 is 16.0 Å². The summed E-state index contributed by atoms with van der Waals surface area (Å²) in [5.74, 6) is -0.883. The van der Waals surface area contributed by atoms with Gasteiger partial charge in [0, 0.05) is 13.0 Å². The number of nitrogens with one attached hydrogen (secondary N) is 1. The van der Waals surface area contributed by atoms with E-state index in [1.165, 1.54) is 31.6 Å². The number of nitrogens with two attached hydrogens (primary N) is 1. The molecule has 0 fully saturated rings. The van der Waals surface area contributed by atoms with Gasteiger partial charge in [-0.1, -0.05) is 12.1 Å². The van der Waals surface area contributed by atoms with Crippen LogP contribution in [0.1, 0.15) is 12.0 Å². The minimum Gasteiger partial charge on any atom is -0.494 e. The molecular formula is C22H27FN5O7P. The van der Waals surface area contributed by atoms with E-state index < -0.39 is 25.6 Å². The number of Topliss-reactive ketones (excluding diaryl/α,β-unsaturated/α-hetero) is 1. The molecule has 0 radical (unpaired) electrons. The summed E-state index contributed by atoms with van der Waals surface area (Å²) >= 11 is 0. The van der Waals surface area contributed by atoms with Gasteiger partial charge in [0.2, 0.25) is 5.95 Å². The lowest BCUT2D eigenvalue weighted by atomic mass is 10.2. The monoisotopic (exact) mass is 523 g/mol. The Hall–Kier alpha value is -3.38. The Morgan fingerprint density at radius 1 is 1.33 bits per heavy atom. The molecule has 0 amide bonds. The topological polar surface area (TPSA) is 161 Å². The number of hydrogen-bond acceptors (Lipinski definition) is 10. The molecule has 0 aliphatic heterocycles. The van der Waals surface area contributed by atoms with Crippen molar-refractivity contribution < 1.29 is 32.3 Å². The highest BCUT2D eigenvalue weighted by Gasteiger charge is 2.26. The molecule has 0 bridgehead atoms. The fourth-order valence-corrected chi connectivity index (χ4v) is 4.48. The van der Waals surface area contributed by atoms with E-state index in [0.29, 0.717) is 17.8 Å². The largest absolute Gasteiger partial charge is 0.494 e. The molecule has 3 aromatic rings. The predicted octanol–water partition coefficient (Wildman–Crippen LogP) is 2.44. The van der Waals surface area contributed by atoms with Gasteiger partial charge in [0.1, 0.15) is 6.61 Å². The maximum Gasteiger partial charge on any atom is 0.333 e. The van der Waals surface area contributed by atoms with E-state index in [9.17, 15) is 18.5 Å². The molecule has 0 saturated heterocycles. The number of carbonyl (C=O) groups excluding carboxylic acids is 1. The zero-order valence-corrected chi connectivity index (χ0v) is 20.5. The molecule has 0 spiro atoms. The van der Waals surface area contributed by atoms with Gasteiger partial charge in [-0.3, -0.25) is 19.1 Å². The summed E-state index contributed by atoms with van der Waals surface area (Å²) in [5.41, 5.74) is 6.00. The third kappa shape index (κ3) is 7.31. The molecule has 0 aliphatic carbocycles. The number of ketones is 1. The number of nitrogen functional groups attached to an aromatic ring is 1. The fraction of sp³-hybridized carbons (Fsp3) is 0.364. The Kier molecular flexibility index (Phi) is 9.48. The number of nitrogens with zero attached hydrogens (tertiary/aromatic N) is 3. The minimum atomic E-state index is -3.78. The first kappa shape index (κ1) is 27.2. The number of carbonyl (C=O) groups is 1. The van der Waals surface area contributed by atoms with E-state index in [-0.39, 0.29) is 55.4 Å². The van der Waals surface area contributed by atoms with Crippen LogP contribution in [0.5, 0.6) is 5.75 Å². The summed E-state index contributed by atoms with van der Waals surface area (Å²) in [7, 11) is -2.43. The van der Waals surface area contributed by atoms with Gasteiger partial charge in [-0.15, -0.1) is 6.58 Å². The van der Waals surface area contributed by atoms with Crippen molar-refractivity contribution in [2.45, 2.75) is 19.6 Å². The van der Waals surface area contributed by atoms with Crippen molar-refractivity contribution in [3.8, 4) is 5.75 Å². The van der Waals surface area contributed by atoms with Gasteiger partial charge >= 0.3 is 7.60 Å². The van der Waals surface area contributed by atoms with Crippen molar-refractivity contribution in [3.63, 3.8) is 0 Å². The van der Waals surface area contributed by atoms with E-state index in [1.54, 1.807) is 10.6 Å². The first-order valence-corrected chi connectivity index (χ1v) is 12.6. The number of fused-ring (bicyclic) bond motifs is 1. The summed E-state index contributed by atoms with van der Waals surface area (Å²) < 4.78 is 50.1. The molecule has 3 N–H and O–H groups in total. The number of aromatic nitrogens is 4. The molecule has 2 aromatic heterocycles. The highest BCUT2D eigenvalue weighted by Crippen LogP contribution is 2.48.